The molecule has 262 valence electrons. The summed E-state index contributed by atoms with van der Waals surface area (Å²) in [5.41, 5.74) is 4.23. The Morgan fingerprint density at radius 2 is 0.826 bits per heavy atom. The summed E-state index contributed by atoms with van der Waals surface area (Å²) in [6.45, 7) is 17.9. The predicted molar refractivity (Wildman–Crippen MR) is 197 cm³/mol. The second kappa shape index (κ2) is 20.8. The first kappa shape index (κ1) is 39.8. The molecule has 4 nitrogen and oxygen atoms in total. The molecule has 0 heterocycles. The Kier molecular flexibility index (Phi) is 18.0. The van der Waals surface area contributed by atoms with Gasteiger partial charge in [-0.3, -0.25) is 0 Å². The molecule has 4 heteroatoms. The van der Waals surface area contributed by atoms with Crippen LogP contribution >= 0.6 is 0 Å². The number of unbranched alkanes of at least 4 members (excludes halogenated alkanes) is 4. The molecule has 0 aromatic heterocycles. The molecule has 0 radical (unpaired) electrons. The topological polar surface area (TPSA) is 80.9 Å². The smallest absolute Gasteiger partial charge is 0.130 e. The highest BCUT2D eigenvalue weighted by Crippen LogP contribution is 2.49. The summed E-state index contributed by atoms with van der Waals surface area (Å²) in [5, 5.41) is 46.6. The molecule has 0 spiro atoms. The maximum absolute atomic E-state index is 12.0. The number of hydrogen-bond acceptors (Lipinski definition) is 4. The minimum absolute atomic E-state index is 0.103. The van der Waals surface area contributed by atoms with Crippen molar-refractivity contribution in [2.24, 2.45) is 23.7 Å². The number of aryl methyl sites for hydroxylation is 2. The molecule has 0 amide bonds. The third kappa shape index (κ3) is 12.7. The Labute approximate surface area is 283 Å². The van der Waals surface area contributed by atoms with Gasteiger partial charge in [-0.25, -0.2) is 0 Å². The Bertz CT molecular complexity index is 1070. The molecule has 2 atom stereocenters. The molecule has 0 aliphatic heterocycles. The summed E-state index contributed by atoms with van der Waals surface area (Å²) < 4.78 is 0. The van der Waals surface area contributed by atoms with E-state index in [9.17, 15) is 20.4 Å². The zero-order valence-electron chi connectivity index (χ0n) is 31.0. The molecule has 4 N–H and O–H groups in total. The second-order valence-corrected chi connectivity index (χ2v) is 15.4. The molecular weight excluding hydrogens is 568 g/mol. The largest absolute Gasteiger partial charge is 0.508 e. The number of benzene rings is 2. The van der Waals surface area contributed by atoms with Crippen LogP contribution in [0.3, 0.4) is 0 Å². The normalized spacial score (nSPS) is 13.2. The quantitative estimate of drug-likeness (QED) is 0.0913. The van der Waals surface area contributed by atoms with Crippen molar-refractivity contribution in [3.8, 4) is 34.1 Å². The van der Waals surface area contributed by atoms with Crippen LogP contribution in [0.2, 0.25) is 0 Å². The molecule has 2 aromatic carbocycles. The first-order chi connectivity index (χ1) is 21.9. The van der Waals surface area contributed by atoms with Crippen LogP contribution < -0.4 is 0 Å². The molecule has 2 rings (SSSR count). The highest BCUT2D eigenvalue weighted by molar-refractivity contribution is 5.85. The van der Waals surface area contributed by atoms with Crippen molar-refractivity contribution in [3.63, 3.8) is 0 Å². The van der Waals surface area contributed by atoms with Crippen molar-refractivity contribution in [1.29, 1.82) is 0 Å². The lowest BCUT2D eigenvalue weighted by Gasteiger charge is -2.23. The number of aromatic hydroxyl groups is 4. The van der Waals surface area contributed by atoms with Gasteiger partial charge in [0.2, 0.25) is 0 Å². The van der Waals surface area contributed by atoms with Gasteiger partial charge >= 0.3 is 0 Å². The molecule has 0 bridgehead atoms. The lowest BCUT2D eigenvalue weighted by molar-refractivity contribution is 0.410. The van der Waals surface area contributed by atoms with Crippen LogP contribution in [0.25, 0.3) is 11.1 Å². The van der Waals surface area contributed by atoms with Gasteiger partial charge in [-0.1, -0.05) is 120 Å². The van der Waals surface area contributed by atoms with Gasteiger partial charge in [0.05, 0.1) is 0 Å². The minimum Gasteiger partial charge on any atom is -0.508 e. The Hall–Kier alpha value is -2.36. The average Bonchev–Trinajstić information content (AvgIpc) is 2.97. The molecule has 46 heavy (non-hydrogen) atoms. The lowest BCUT2D eigenvalue weighted by Crippen LogP contribution is -2.04. The van der Waals surface area contributed by atoms with Crippen molar-refractivity contribution in [1.82, 2.24) is 0 Å². The van der Waals surface area contributed by atoms with E-state index in [1.807, 2.05) is 12.1 Å². The molecule has 0 unspecified atom stereocenters. The SMILES string of the molecule is CCCCCc1cc(O)c(CC[C@H](C)CCCC(C)C)c(O)c1-c1c(CCCCC)cc(O)c(CC[C@@H](C)CCCC(C)C)c1O. The molecule has 0 saturated carbocycles. The number of phenols is 4. The van der Waals surface area contributed by atoms with E-state index in [0.29, 0.717) is 71.6 Å². The maximum atomic E-state index is 12.0. The van der Waals surface area contributed by atoms with Gasteiger partial charge in [0.15, 0.2) is 0 Å². The van der Waals surface area contributed by atoms with Gasteiger partial charge in [0.25, 0.3) is 0 Å². The van der Waals surface area contributed by atoms with Gasteiger partial charge in [0.1, 0.15) is 23.0 Å². The van der Waals surface area contributed by atoms with Crippen molar-refractivity contribution in [2.75, 3.05) is 0 Å². The minimum atomic E-state index is 0.103. The van der Waals surface area contributed by atoms with Crippen molar-refractivity contribution in [2.45, 2.75) is 171 Å². The highest BCUT2D eigenvalue weighted by atomic mass is 16.3. The van der Waals surface area contributed by atoms with Crippen molar-refractivity contribution >= 4 is 0 Å². The van der Waals surface area contributed by atoms with Gasteiger partial charge in [0, 0.05) is 22.3 Å². The molecule has 0 aliphatic carbocycles. The average molecular weight is 639 g/mol. The summed E-state index contributed by atoms with van der Waals surface area (Å²) in [4.78, 5) is 0. The molecule has 0 saturated heterocycles. The van der Waals surface area contributed by atoms with Crippen LogP contribution in [-0.4, -0.2) is 20.4 Å². The van der Waals surface area contributed by atoms with E-state index in [-0.39, 0.29) is 23.0 Å². The van der Waals surface area contributed by atoms with E-state index in [2.05, 4.69) is 55.4 Å². The lowest BCUT2D eigenvalue weighted by atomic mass is 9.84. The van der Waals surface area contributed by atoms with E-state index in [0.717, 1.165) is 75.3 Å². The molecule has 0 fully saturated rings. The maximum Gasteiger partial charge on any atom is 0.130 e. The van der Waals surface area contributed by atoms with E-state index >= 15 is 0 Å². The predicted octanol–water partition coefficient (Wildman–Crippen LogP) is 12.4. The molecule has 2 aromatic rings. The van der Waals surface area contributed by atoms with Crippen LogP contribution in [0, 0.1) is 23.7 Å². The van der Waals surface area contributed by atoms with Gasteiger partial charge in [-0.2, -0.15) is 0 Å². The van der Waals surface area contributed by atoms with Crippen LogP contribution in [-0.2, 0) is 25.7 Å². The van der Waals surface area contributed by atoms with Crippen LogP contribution in [0.4, 0.5) is 0 Å². The summed E-state index contributed by atoms with van der Waals surface area (Å²) in [6.07, 6.45) is 17.6. The van der Waals surface area contributed by atoms with Crippen molar-refractivity contribution < 1.29 is 20.4 Å². The van der Waals surface area contributed by atoms with Gasteiger partial charge < -0.3 is 20.4 Å². The Morgan fingerprint density at radius 1 is 0.457 bits per heavy atom. The van der Waals surface area contributed by atoms with E-state index in [1.54, 1.807) is 0 Å². The highest BCUT2D eigenvalue weighted by Gasteiger charge is 2.26. The zero-order valence-corrected chi connectivity index (χ0v) is 31.0. The summed E-state index contributed by atoms with van der Waals surface area (Å²) >= 11 is 0. The van der Waals surface area contributed by atoms with Crippen molar-refractivity contribution in [3.05, 3.63) is 34.4 Å². The van der Waals surface area contributed by atoms with Gasteiger partial charge in [-0.15, -0.1) is 0 Å². The van der Waals surface area contributed by atoms with Crippen LogP contribution in [0.5, 0.6) is 23.0 Å². The van der Waals surface area contributed by atoms with Crippen LogP contribution in [0.15, 0.2) is 12.1 Å². The monoisotopic (exact) mass is 639 g/mol. The summed E-state index contributed by atoms with van der Waals surface area (Å²) in [6, 6.07) is 3.70. The zero-order chi connectivity index (χ0) is 34.2. The fourth-order valence-electron chi connectivity index (χ4n) is 6.89. The first-order valence-corrected chi connectivity index (χ1v) is 19.0. The number of phenolic OH excluding ortho intramolecular Hbond substituents is 4. The van der Waals surface area contributed by atoms with Gasteiger partial charge in [-0.05, 0) is 98.3 Å². The second-order valence-electron chi connectivity index (χ2n) is 15.4. The standard InChI is InChI=1S/C42H70O4/c1-9-11-13-21-33-27-37(43)35(25-23-31(7)19-15-17-29(3)4)41(45)39(33)40-34(22-14-12-10-2)28-38(44)36(42(40)46)26-24-32(8)20-16-18-30(5)6/h27-32,43-46H,9-26H2,1-8H3/t31-,32+. The van der Waals surface area contributed by atoms with E-state index in [4.69, 9.17) is 0 Å². The fourth-order valence-corrected chi connectivity index (χ4v) is 6.89. The van der Waals surface area contributed by atoms with Crippen LogP contribution in [0.1, 0.15) is 168 Å². The summed E-state index contributed by atoms with van der Waals surface area (Å²) in [5.74, 6) is 2.90. The molecular formula is C42H70O4. The third-order valence-electron chi connectivity index (χ3n) is 10.0. The third-order valence-corrected chi connectivity index (χ3v) is 10.0. The molecule has 0 aliphatic rings. The van der Waals surface area contributed by atoms with E-state index < -0.39 is 0 Å². The fraction of sp³-hybridized carbons (Fsp3) is 0.714. The number of rotatable bonds is 23. The number of hydrogen-bond donors (Lipinski definition) is 4. The summed E-state index contributed by atoms with van der Waals surface area (Å²) in [7, 11) is 0. The first-order valence-electron chi connectivity index (χ1n) is 19.0. The van der Waals surface area contributed by atoms with E-state index in [1.165, 1.54) is 25.7 Å². The Balaban J connectivity index is 2.59. The Morgan fingerprint density at radius 3 is 1.15 bits per heavy atom.